The maximum Gasteiger partial charge on any atom is 0.263 e. The first-order valence-electron chi connectivity index (χ1n) is 5.78. The highest BCUT2D eigenvalue weighted by Gasteiger charge is 2.17. The highest BCUT2D eigenvalue weighted by Crippen LogP contribution is 2.32. The quantitative estimate of drug-likeness (QED) is 0.905. The van der Waals surface area contributed by atoms with Crippen molar-refractivity contribution in [3.63, 3.8) is 0 Å². The van der Waals surface area contributed by atoms with Crippen molar-refractivity contribution in [1.82, 2.24) is 4.90 Å². The van der Waals surface area contributed by atoms with Crippen LogP contribution in [0.5, 0.6) is 0 Å². The lowest BCUT2D eigenvalue weighted by molar-refractivity contribution is 0.0794. The van der Waals surface area contributed by atoms with Gasteiger partial charge in [-0.25, -0.2) is 0 Å². The molecule has 1 atom stereocenters. The van der Waals surface area contributed by atoms with Gasteiger partial charge in [0.1, 0.15) is 4.34 Å². The first-order valence-corrected chi connectivity index (χ1v) is 7.36. The van der Waals surface area contributed by atoms with Gasteiger partial charge in [0.2, 0.25) is 0 Å². The molecule has 1 aromatic rings. The number of carbonyl (C=O) groups is 1. The molecule has 0 fully saturated rings. The largest absolute Gasteiger partial charge is 0.341 e. The van der Waals surface area contributed by atoms with E-state index in [1.807, 2.05) is 0 Å². The van der Waals surface area contributed by atoms with Crippen LogP contribution in [0.1, 0.15) is 29.9 Å². The van der Waals surface area contributed by atoms with Crippen molar-refractivity contribution in [2.45, 2.75) is 26.3 Å². The molecule has 0 radical (unpaired) electrons. The first-order chi connectivity index (χ1) is 8.32. The summed E-state index contributed by atoms with van der Waals surface area (Å²) < 4.78 is 0.451. The monoisotopic (exact) mass is 308 g/mol. The molecule has 3 nitrogen and oxygen atoms in total. The maximum atomic E-state index is 12.1. The van der Waals surface area contributed by atoms with Crippen LogP contribution in [0, 0.1) is 5.92 Å². The average Bonchev–Trinajstić information content (AvgIpc) is 2.64. The van der Waals surface area contributed by atoms with Gasteiger partial charge >= 0.3 is 0 Å². The summed E-state index contributed by atoms with van der Waals surface area (Å²) in [6, 6.07) is 1.71. The van der Waals surface area contributed by atoms with Crippen molar-refractivity contribution >= 4 is 40.4 Å². The second-order valence-corrected chi connectivity index (χ2v) is 6.72. The summed E-state index contributed by atoms with van der Waals surface area (Å²) in [6.07, 6.45) is 0.784. The number of halogens is 2. The number of hydrogen-bond acceptors (Lipinski definition) is 3. The summed E-state index contributed by atoms with van der Waals surface area (Å²) in [5, 5.41) is 0.428. The van der Waals surface area contributed by atoms with E-state index in [2.05, 4.69) is 13.8 Å². The summed E-state index contributed by atoms with van der Waals surface area (Å²) in [7, 11) is 1.76. The summed E-state index contributed by atoms with van der Waals surface area (Å²) >= 11 is 12.9. The Morgan fingerprint density at radius 1 is 1.50 bits per heavy atom. The Balaban J connectivity index is 2.56. The number of thiophene rings is 1. The van der Waals surface area contributed by atoms with Gasteiger partial charge in [-0.2, -0.15) is 0 Å². The molecule has 1 amide bonds. The summed E-state index contributed by atoms with van der Waals surface area (Å²) in [5.74, 6) is 0.351. The minimum Gasteiger partial charge on any atom is -0.341 e. The van der Waals surface area contributed by atoms with Gasteiger partial charge in [-0.15, -0.1) is 11.3 Å². The Kier molecular flexibility index (Phi) is 5.92. The number of nitrogens with two attached hydrogens (primary N) is 1. The molecule has 6 heteroatoms. The zero-order valence-electron chi connectivity index (χ0n) is 10.7. The summed E-state index contributed by atoms with van der Waals surface area (Å²) in [6.45, 7) is 4.78. The van der Waals surface area contributed by atoms with Crippen molar-refractivity contribution in [1.29, 1.82) is 0 Å². The van der Waals surface area contributed by atoms with E-state index >= 15 is 0 Å². The third-order valence-electron chi connectivity index (χ3n) is 2.86. The lowest BCUT2D eigenvalue weighted by atomic mass is 10.0. The predicted molar refractivity (Wildman–Crippen MR) is 78.7 cm³/mol. The maximum absolute atomic E-state index is 12.1. The van der Waals surface area contributed by atoms with E-state index < -0.39 is 0 Å². The van der Waals surface area contributed by atoms with Crippen molar-refractivity contribution in [2.24, 2.45) is 11.7 Å². The molecule has 18 heavy (non-hydrogen) atoms. The molecular weight excluding hydrogens is 291 g/mol. The van der Waals surface area contributed by atoms with Gasteiger partial charge in [-0.05, 0) is 18.4 Å². The zero-order valence-corrected chi connectivity index (χ0v) is 13.1. The number of hydrogen-bond donors (Lipinski definition) is 1. The molecule has 0 aliphatic carbocycles. The molecule has 0 unspecified atom stereocenters. The minimum atomic E-state index is -0.0650. The predicted octanol–water partition coefficient (Wildman–Crippen LogP) is 3.50. The van der Waals surface area contributed by atoms with Crippen molar-refractivity contribution in [3.05, 3.63) is 20.3 Å². The van der Waals surface area contributed by atoms with Crippen molar-refractivity contribution in [3.8, 4) is 0 Å². The molecule has 102 valence electrons. The second kappa shape index (κ2) is 6.75. The van der Waals surface area contributed by atoms with Crippen molar-refractivity contribution in [2.75, 3.05) is 13.6 Å². The number of carbonyl (C=O) groups excluding carboxylic acids is 1. The van der Waals surface area contributed by atoms with E-state index in [0.717, 1.165) is 6.42 Å². The Morgan fingerprint density at radius 2 is 2.11 bits per heavy atom. The van der Waals surface area contributed by atoms with Crippen LogP contribution in [0.2, 0.25) is 9.36 Å². The van der Waals surface area contributed by atoms with E-state index in [1.54, 1.807) is 18.0 Å². The molecule has 0 saturated carbocycles. The fraction of sp³-hybridized carbons (Fsp3) is 0.583. The third kappa shape index (κ3) is 4.12. The van der Waals surface area contributed by atoms with Gasteiger partial charge in [0.05, 0.1) is 9.90 Å². The second-order valence-electron chi connectivity index (χ2n) is 4.66. The SMILES string of the molecule is CC(C)[C@@H](N)CCN(C)C(=O)c1cc(Cl)c(Cl)s1. The van der Waals surface area contributed by atoms with Gasteiger partial charge in [0, 0.05) is 19.6 Å². The van der Waals surface area contributed by atoms with E-state index in [1.165, 1.54) is 11.3 Å². The van der Waals surface area contributed by atoms with Crippen LogP contribution in [0.3, 0.4) is 0 Å². The summed E-state index contributed by atoms with van der Waals surface area (Å²) in [5.41, 5.74) is 5.95. The smallest absolute Gasteiger partial charge is 0.263 e. The Bertz CT molecular complexity index is 401. The van der Waals surface area contributed by atoms with Gasteiger partial charge in [0.15, 0.2) is 0 Å². The molecule has 1 aromatic heterocycles. The highest BCUT2D eigenvalue weighted by molar-refractivity contribution is 7.18. The van der Waals surface area contributed by atoms with Crippen LogP contribution >= 0.6 is 34.5 Å². The van der Waals surface area contributed by atoms with Gasteiger partial charge in [-0.1, -0.05) is 37.0 Å². The van der Waals surface area contributed by atoms with Gasteiger partial charge < -0.3 is 10.6 Å². The molecule has 0 spiro atoms. The zero-order chi connectivity index (χ0) is 13.9. The van der Waals surface area contributed by atoms with Crippen molar-refractivity contribution < 1.29 is 4.79 Å². The molecule has 0 aliphatic rings. The molecule has 2 N–H and O–H groups in total. The van der Waals surface area contributed by atoms with Gasteiger partial charge in [-0.3, -0.25) is 4.79 Å². The van der Waals surface area contributed by atoms with Crippen LogP contribution < -0.4 is 5.73 Å². The van der Waals surface area contributed by atoms with Crippen LogP contribution in [0.25, 0.3) is 0 Å². The normalized spacial score (nSPS) is 12.8. The van der Waals surface area contributed by atoms with E-state index in [4.69, 9.17) is 28.9 Å². The summed E-state index contributed by atoms with van der Waals surface area (Å²) in [4.78, 5) is 14.3. The standard InChI is InChI=1S/C12H18Cl2N2OS/c1-7(2)9(15)4-5-16(3)12(17)10-6-8(13)11(14)18-10/h6-7,9H,4-5,15H2,1-3H3/t9-/m0/s1. The molecular formula is C12H18Cl2N2OS. The lowest BCUT2D eigenvalue weighted by Gasteiger charge is -2.21. The first kappa shape index (κ1) is 15.8. The van der Waals surface area contributed by atoms with Crippen LogP contribution in [-0.4, -0.2) is 30.4 Å². The van der Waals surface area contributed by atoms with Gasteiger partial charge in [0.25, 0.3) is 5.91 Å². The average molecular weight is 309 g/mol. The lowest BCUT2D eigenvalue weighted by Crippen LogP contribution is -2.34. The van der Waals surface area contributed by atoms with Crippen LogP contribution in [0.15, 0.2) is 6.07 Å². The molecule has 1 heterocycles. The highest BCUT2D eigenvalue weighted by atomic mass is 35.5. The van der Waals surface area contributed by atoms with E-state index in [0.29, 0.717) is 26.7 Å². The third-order valence-corrected chi connectivity index (χ3v) is 4.71. The molecule has 0 saturated heterocycles. The number of rotatable bonds is 5. The Labute approximate surface area is 122 Å². The molecule has 1 rings (SSSR count). The van der Waals surface area contributed by atoms with E-state index in [9.17, 15) is 4.79 Å². The van der Waals surface area contributed by atoms with Crippen LogP contribution in [-0.2, 0) is 0 Å². The number of amides is 1. The number of nitrogens with zero attached hydrogens (tertiary/aromatic N) is 1. The van der Waals surface area contributed by atoms with Crippen LogP contribution in [0.4, 0.5) is 0 Å². The minimum absolute atomic E-state index is 0.0650. The van der Waals surface area contributed by atoms with E-state index in [-0.39, 0.29) is 11.9 Å². The molecule has 0 bridgehead atoms. The fourth-order valence-corrected chi connectivity index (χ4v) is 2.78. The fourth-order valence-electron chi connectivity index (χ4n) is 1.42. The molecule has 0 aromatic carbocycles. The molecule has 0 aliphatic heterocycles. The Morgan fingerprint density at radius 3 is 2.56 bits per heavy atom. The topological polar surface area (TPSA) is 46.3 Å². The Hall–Kier alpha value is -0.290.